The van der Waals surface area contributed by atoms with E-state index in [-0.39, 0.29) is 5.82 Å². The van der Waals surface area contributed by atoms with E-state index in [0.717, 1.165) is 43.7 Å². The van der Waals surface area contributed by atoms with Gasteiger partial charge in [-0.1, -0.05) is 32.4 Å². The second kappa shape index (κ2) is 6.90. The predicted octanol–water partition coefficient (Wildman–Crippen LogP) is 3.70. The lowest BCUT2D eigenvalue weighted by molar-refractivity contribution is 0.602. The Labute approximate surface area is 116 Å². The van der Waals surface area contributed by atoms with Crippen LogP contribution in [-0.4, -0.2) is 19.1 Å². The van der Waals surface area contributed by atoms with Crippen molar-refractivity contribution in [2.75, 3.05) is 18.0 Å². The van der Waals surface area contributed by atoms with E-state index in [4.69, 9.17) is 0 Å². The van der Waals surface area contributed by atoms with Crippen LogP contribution < -0.4 is 10.2 Å². The van der Waals surface area contributed by atoms with Gasteiger partial charge in [-0.05, 0) is 37.4 Å². The van der Waals surface area contributed by atoms with Crippen LogP contribution in [0.25, 0.3) is 0 Å². The van der Waals surface area contributed by atoms with Gasteiger partial charge in [0.25, 0.3) is 0 Å². The quantitative estimate of drug-likeness (QED) is 0.770. The van der Waals surface area contributed by atoms with Gasteiger partial charge in [0.05, 0.1) is 5.69 Å². The van der Waals surface area contributed by atoms with E-state index in [1.165, 1.54) is 12.8 Å². The van der Waals surface area contributed by atoms with E-state index in [2.05, 4.69) is 24.1 Å². The van der Waals surface area contributed by atoms with Gasteiger partial charge in [0.1, 0.15) is 5.82 Å². The predicted molar refractivity (Wildman–Crippen MR) is 79.1 cm³/mol. The van der Waals surface area contributed by atoms with Crippen molar-refractivity contribution in [3.8, 4) is 0 Å². The molecule has 2 nitrogen and oxygen atoms in total. The Morgan fingerprint density at radius 3 is 2.74 bits per heavy atom. The van der Waals surface area contributed by atoms with Crippen molar-refractivity contribution in [3.05, 3.63) is 29.6 Å². The summed E-state index contributed by atoms with van der Waals surface area (Å²) >= 11 is 0. The molecule has 0 unspecified atom stereocenters. The van der Waals surface area contributed by atoms with Crippen LogP contribution in [0.3, 0.4) is 0 Å². The summed E-state index contributed by atoms with van der Waals surface area (Å²) in [4.78, 5) is 2.30. The minimum atomic E-state index is -0.0709. The van der Waals surface area contributed by atoms with Gasteiger partial charge in [0.2, 0.25) is 0 Å². The van der Waals surface area contributed by atoms with Crippen molar-refractivity contribution < 1.29 is 4.39 Å². The smallest absolute Gasteiger partial charge is 0.146 e. The van der Waals surface area contributed by atoms with Crippen LogP contribution in [-0.2, 0) is 6.54 Å². The van der Waals surface area contributed by atoms with Crippen molar-refractivity contribution >= 4 is 5.69 Å². The molecule has 1 aromatic rings. The Bertz CT molecular complexity index is 402. The number of hydrogen-bond donors (Lipinski definition) is 1. The first-order chi connectivity index (χ1) is 9.27. The first kappa shape index (κ1) is 14.3. The van der Waals surface area contributed by atoms with Crippen molar-refractivity contribution in [1.82, 2.24) is 5.32 Å². The molecule has 0 saturated heterocycles. The molecule has 0 aliphatic heterocycles. The minimum absolute atomic E-state index is 0.0709. The molecule has 1 aromatic carbocycles. The van der Waals surface area contributed by atoms with Gasteiger partial charge in [-0.25, -0.2) is 4.39 Å². The molecule has 106 valence electrons. The third-order valence-electron chi connectivity index (χ3n) is 3.66. The van der Waals surface area contributed by atoms with Gasteiger partial charge in [-0.3, -0.25) is 0 Å². The minimum Gasteiger partial charge on any atom is -0.366 e. The van der Waals surface area contributed by atoms with Gasteiger partial charge >= 0.3 is 0 Å². The molecule has 1 fully saturated rings. The molecule has 0 radical (unpaired) electrons. The fraction of sp³-hybridized carbons (Fsp3) is 0.625. The molecule has 0 aromatic heterocycles. The largest absolute Gasteiger partial charge is 0.366 e. The maximum Gasteiger partial charge on any atom is 0.146 e. The summed E-state index contributed by atoms with van der Waals surface area (Å²) in [6.45, 7) is 6.90. The van der Waals surface area contributed by atoms with Gasteiger partial charge in [0, 0.05) is 19.1 Å². The summed E-state index contributed by atoms with van der Waals surface area (Å²) in [5, 5.41) is 3.31. The highest BCUT2D eigenvalue weighted by Crippen LogP contribution is 2.35. The van der Waals surface area contributed by atoms with Crippen molar-refractivity contribution in [3.63, 3.8) is 0 Å². The normalized spacial score (nSPS) is 14.7. The lowest BCUT2D eigenvalue weighted by atomic mass is 10.1. The molecule has 1 aliphatic rings. The lowest BCUT2D eigenvalue weighted by Crippen LogP contribution is -2.29. The van der Waals surface area contributed by atoms with Gasteiger partial charge in [-0.2, -0.15) is 0 Å². The molecule has 3 heteroatoms. The topological polar surface area (TPSA) is 15.3 Å². The van der Waals surface area contributed by atoms with E-state index < -0.39 is 0 Å². The molecular weight excluding hydrogens is 239 g/mol. The third kappa shape index (κ3) is 3.69. The number of anilines is 1. The molecule has 19 heavy (non-hydrogen) atoms. The Morgan fingerprint density at radius 1 is 1.32 bits per heavy atom. The molecule has 0 spiro atoms. The Balaban J connectivity index is 2.23. The van der Waals surface area contributed by atoms with Gasteiger partial charge < -0.3 is 10.2 Å². The van der Waals surface area contributed by atoms with E-state index in [1.807, 2.05) is 12.1 Å². The number of benzene rings is 1. The van der Waals surface area contributed by atoms with E-state index in [1.54, 1.807) is 6.07 Å². The second-order valence-electron chi connectivity index (χ2n) is 5.31. The van der Waals surface area contributed by atoms with Crippen LogP contribution in [0.2, 0.25) is 0 Å². The molecule has 0 amide bonds. The molecule has 1 N–H and O–H groups in total. The van der Waals surface area contributed by atoms with Crippen molar-refractivity contribution in [2.45, 2.75) is 52.1 Å². The maximum atomic E-state index is 14.3. The summed E-state index contributed by atoms with van der Waals surface area (Å²) in [6.07, 6.45) is 4.70. The Morgan fingerprint density at radius 2 is 2.11 bits per heavy atom. The Hall–Kier alpha value is -1.09. The number of rotatable bonds is 8. The lowest BCUT2D eigenvalue weighted by Gasteiger charge is -2.27. The number of para-hydroxylation sites is 1. The highest BCUT2D eigenvalue weighted by Gasteiger charge is 2.31. The monoisotopic (exact) mass is 264 g/mol. The summed E-state index contributed by atoms with van der Waals surface area (Å²) in [7, 11) is 0. The van der Waals surface area contributed by atoms with Crippen LogP contribution in [0.15, 0.2) is 18.2 Å². The van der Waals surface area contributed by atoms with Crippen molar-refractivity contribution in [1.29, 1.82) is 0 Å². The van der Waals surface area contributed by atoms with Crippen LogP contribution in [0.4, 0.5) is 10.1 Å². The number of hydrogen-bond acceptors (Lipinski definition) is 2. The van der Waals surface area contributed by atoms with Crippen LogP contribution in [0, 0.1) is 5.82 Å². The summed E-state index contributed by atoms with van der Waals surface area (Å²) in [5.74, 6) is -0.0709. The van der Waals surface area contributed by atoms with E-state index >= 15 is 0 Å². The fourth-order valence-electron chi connectivity index (χ4n) is 2.48. The zero-order valence-corrected chi connectivity index (χ0v) is 12.1. The summed E-state index contributed by atoms with van der Waals surface area (Å²) in [5.41, 5.74) is 1.92. The van der Waals surface area contributed by atoms with Crippen LogP contribution >= 0.6 is 0 Å². The highest BCUT2D eigenvalue weighted by molar-refractivity contribution is 5.56. The molecule has 0 heterocycles. The number of nitrogens with zero attached hydrogens (tertiary/aromatic N) is 1. The summed E-state index contributed by atoms with van der Waals surface area (Å²) < 4.78 is 14.3. The SMILES string of the molecule is CCCCN(c1c(F)cccc1CNCC)C1CC1. The molecular formula is C16H25FN2. The first-order valence-electron chi connectivity index (χ1n) is 7.52. The maximum absolute atomic E-state index is 14.3. The third-order valence-corrected chi connectivity index (χ3v) is 3.66. The average Bonchev–Trinajstić information content (AvgIpc) is 3.23. The molecule has 2 rings (SSSR count). The highest BCUT2D eigenvalue weighted by atomic mass is 19.1. The van der Waals surface area contributed by atoms with Gasteiger partial charge in [-0.15, -0.1) is 0 Å². The van der Waals surface area contributed by atoms with Crippen molar-refractivity contribution in [2.24, 2.45) is 0 Å². The molecule has 0 bridgehead atoms. The number of halogens is 1. The Kier molecular flexibility index (Phi) is 5.20. The van der Waals surface area contributed by atoms with E-state index in [0.29, 0.717) is 6.04 Å². The molecule has 1 saturated carbocycles. The standard InChI is InChI=1S/C16H25FN2/c1-3-5-11-19(14-9-10-14)16-13(12-18-4-2)7-6-8-15(16)17/h6-8,14,18H,3-5,9-12H2,1-2H3. The number of nitrogens with one attached hydrogen (secondary N) is 1. The molecule has 0 atom stereocenters. The number of unbranched alkanes of at least 4 members (excludes halogenated alkanes) is 1. The zero-order valence-electron chi connectivity index (χ0n) is 12.1. The van der Waals surface area contributed by atoms with Crippen LogP contribution in [0.5, 0.6) is 0 Å². The summed E-state index contributed by atoms with van der Waals surface area (Å²) in [6, 6.07) is 6.01. The van der Waals surface area contributed by atoms with Crippen LogP contribution in [0.1, 0.15) is 45.1 Å². The first-order valence-corrected chi connectivity index (χ1v) is 7.52. The van der Waals surface area contributed by atoms with E-state index in [9.17, 15) is 4.39 Å². The second-order valence-corrected chi connectivity index (χ2v) is 5.31. The zero-order chi connectivity index (χ0) is 13.7. The molecule has 1 aliphatic carbocycles. The average molecular weight is 264 g/mol. The van der Waals surface area contributed by atoms with Gasteiger partial charge in [0.15, 0.2) is 0 Å². The fourth-order valence-corrected chi connectivity index (χ4v) is 2.48.